The third-order valence-corrected chi connectivity index (χ3v) is 2.91. The topological polar surface area (TPSA) is 32.3 Å². The molecule has 0 fully saturated rings. The van der Waals surface area contributed by atoms with Crippen molar-refractivity contribution in [2.24, 2.45) is 0 Å². The molecule has 2 aromatic carbocycles. The molecule has 0 saturated heterocycles. The van der Waals surface area contributed by atoms with E-state index in [-0.39, 0.29) is 0 Å². The van der Waals surface area contributed by atoms with Gasteiger partial charge in [-0.2, -0.15) is 0 Å². The maximum absolute atomic E-state index is 13.5. The largest absolute Gasteiger partial charge is 0.326 e. The van der Waals surface area contributed by atoms with E-state index in [1.165, 1.54) is 4.90 Å². The average Bonchev–Trinajstić information content (AvgIpc) is 2.50. The number of amides is 2. The molecule has 0 spiro atoms. The van der Waals surface area contributed by atoms with Gasteiger partial charge in [-0.15, -0.1) is 0 Å². The van der Waals surface area contributed by atoms with Crippen molar-refractivity contribution in [3.05, 3.63) is 59.9 Å². The molecule has 0 saturated carbocycles. The van der Waals surface area contributed by atoms with Crippen LogP contribution < -0.4 is 10.2 Å². The predicted octanol–water partition coefficient (Wildman–Crippen LogP) is 4.16. The minimum atomic E-state index is -1.62. The molecule has 0 bridgehead atoms. The first-order chi connectivity index (χ1) is 10.0. The van der Waals surface area contributed by atoms with Crippen LogP contribution in [-0.4, -0.2) is 12.6 Å². The van der Waals surface area contributed by atoms with E-state index in [1.807, 2.05) is 0 Å². The Labute approximate surface area is 120 Å². The Balaban J connectivity index is 2.23. The van der Waals surface area contributed by atoms with Crippen LogP contribution >= 0.6 is 0 Å². The lowest BCUT2D eigenvalue weighted by Gasteiger charge is -2.21. The van der Waals surface area contributed by atoms with Crippen LogP contribution in [0.1, 0.15) is 6.92 Å². The number of benzene rings is 2. The number of rotatable bonds is 3. The quantitative estimate of drug-likeness (QED) is 0.847. The second kappa shape index (κ2) is 6.30. The summed E-state index contributed by atoms with van der Waals surface area (Å²) in [4.78, 5) is 13.5. The fraction of sp³-hybridized carbons (Fsp3) is 0.133. The van der Waals surface area contributed by atoms with Crippen LogP contribution in [0.5, 0.6) is 0 Å². The number of nitrogens with one attached hydrogen (secondary N) is 1. The Morgan fingerprint density at radius 1 is 1.05 bits per heavy atom. The highest BCUT2D eigenvalue weighted by atomic mass is 19.2. The highest BCUT2D eigenvalue weighted by molar-refractivity contribution is 6.01. The van der Waals surface area contributed by atoms with Crippen molar-refractivity contribution in [2.45, 2.75) is 6.92 Å². The van der Waals surface area contributed by atoms with Gasteiger partial charge in [0.15, 0.2) is 17.5 Å². The first-order valence-corrected chi connectivity index (χ1v) is 6.31. The number of anilines is 2. The molecule has 110 valence electrons. The van der Waals surface area contributed by atoms with E-state index in [4.69, 9.17) is 0 Å². The maximum atomic E-state index is 13.5. The summed E-state index contributed by atoms with van der Waals surface area (Å²) in [5, 5.41) is 2.23. The van der Waals surface area contributed by atoms with Gasteiger partial charge in [0, 0.05) is 12.2 Å². The van der Waals surface area contributed by atoms with Gasteiger partial charge in [-0.3, -0.25) is 4.90 Å². The maximum Gasteiger partial charge on any atom is 0.326 e. The standard InChI is InChI=1S/C15H13F3N2O/c1-2-20(10-6-4-3-5-7-10)15(21)19-12-9-8-11(16)13(17)14(12)18/h3-9H,2H2,1H3,(H,19,21). The zero-order valence-electron chi connectivity index (χ0n) is 11.2. The fourth-order valence-electron chi connectivity index (χ4n) is 1.86. The smallest absolute Gasteiger partial charge is 0.305 e. The van der Waals surface area contributed by atoms with E-state index in [9.17, 15) is 18.0 Å². The van der Waals surface area contributed by atoms with Gasteiger partial charge in [-0.1, -0.05) is 18.2 Å². The molecule has 0 aliphatic heterocycles. The molecule has 0 heterocycles. The van der Waals surface area contributed by atoms with Gasteiger partial charge in [0.2, 0.25) is 0 Å². The molecular weight excluding hydrogens is 281 g/mol. The van der Waals surface area contributed by atoms with Crippen molar-refractivity contribution in [3.63, 3.8) is 0 Å². The third kappa shape index (κ3) is 3.16. The Morgan fingerprint density at radius 2 is 1.71 bits per heavy atom. The number of hydrogen-bond acceptors (Lipinski definition) is 1. The monoisotopic (exact) mass is 294 g/mol. The van der Waals surface area contributed by atoms with E-state index in [2.05, 4.69) is 5.32 Å². The van der Waals surface area contributed by atoms with Crippen LogP contribution in [0.3, 0.4) is 0 Å². The molecule has 0 unspecified atom stereocenters. The van der Waals surface area contributed by atoms with Gasteiger partial charge in [0.05, 0.1) is 5.69 Å². The second-order valence-electron chi connectivity index (χ2n) is 4.23. The molecule has 2 amide bonds. The van der Waals surface area contributed by atoms with Crippen LogP contribution in [0, 0.1) is 17.5 Å². The van der Waals surface area contributed by atoms with Crippen LogP contribution in [0.15, 0.2) is 42.5 Å². The number of carbonyl (C=O) groups excluding carboxylic acids is 1. The Hall–Kier alpha value is -2.50. The van der Waals surface area contributed by atoms with Crippen molar-refractivity contribution in [3.8, 4) is 0 Å². The third-order valence-electron chi connectivity index (χ3n) is 2.91. The van der Waals surface area contributed by atoms with E-state index in [0.29, 0.717) is 12.2 Å². The minimum absolute atomic E-state index is 0.334. The normalized spacial score (nSPS) is 10.3. The van der Waals surface area contributed by atoms with Gasteiger partial charge in [0.1, 0.15) is 0 Å². The van der Waals surface area contributed by atoms with Crippen LogP contribution in [0.4, 0.5) is 29.3 Å². The second-order valence-corrected chi connectivity index (χ2v) is 4.23. The number of nitrogens with zero attached hydrogens (tertiary/aromatic N) is 1. The Morgan fingerprint density at radius 3 is 2.33 bits per heavy atom. The number of carbonyl (C=O) groups is 1. The summed E-state index contributed by atoms with van der Waals surface area (Å²) in [7, 11) is 0. The minimum Gasteiger partial charge on any atom is -0.305 e. The van der Waals surface area contributed by atoms with Crippen LogP contribution in [0.2, 0.25) is 0 Å². The number of urea groups is 1. The Bertz CT molecular complexity index is 647. The van der Waals surface area contributed by atoms with Gasteiger partial charge < -0.3 is 5.32 Å². The van der Waals surface area contributed by atoms with Crippen molar-refractivity contribution < 1.29 is 18.0 Å². The number of halogens is 3. The SMILES string of the molecule is CCN(C(=O)Nc1ccc(F)c(F)c1F)c1ccccc1. The summed E-state index contributed by atoms with van der Waals surface area (Å²) >= 11 is 0. The number of hydrogen-bond donors (Lipinski definition) is 1. The highest BCUT2D eigenvalue weighted by Crippen LogP contribution is 2.21. The molecule has 3 nitrogen and oxygen atoms in total. The molecular formula is C15H13F3N2O. The lowest BCUT2D eigenvalue weighted by Crippen LogP contribution is -2.35. The van der Waals surface area contributed by atoms with Crippen molar-refractivity contribution in [1.29, 1.82) is 0 Å². The van der Waals surface area contributed by atoms with Crippen molar-refractivity contribution in [2.75, 3.05) is 16.8 Å². The molecule has 0 radical (unpaired) electrons. The van der Waals surface area contributed by atoms with Gasteiger partial charge in [0.25, 0.3) is 0 Å². The fourth-order valence-corrected chi connectivity index (χ4v) is 1.86. The zero-order chi connectivity index (χ0) is 15.4. The summed E-state index contributed by atoms with van der Waals surface area (Å²) in [6.07, 6.45) is 0. The molecule has 1 N–H and O–H groups in total. The molecule has 0 aliphatic carbocycles. The predicted molar refractivity (Wildman–Crippen MR) is 74.8 cm³/mol. The molecule has 0 atom stereocenters. The highest BCUT2D eigenvalue weighted by Gasteiger charge is 2.18. The summed E-state index contributed by atoms with van der Waals surface area (Å²) in [5.74, 6) is -4.34. The van der Waals surface area contributed by atoms with E-state index in [0.717, 1.165) is 12.1 Å². The van der Waals surface area contributed by atoms with Gasteiger partial charge in [-0.05, 0) is 31.2 Å². The van der Waals surface area contributed by atoms with Crippen LogP contribution in [-0.2, 0) is 0 Å². The van der Waals surface area contributed by atoms with E-state index < -0.39 is 29.2 Å². The summed E-state index contributed by atoms with van der Waals surface area (Å²) in [5.41, 5.74) is 0.203. The number of para-hydroxylation sites is 1. The molecule has 0 aliphatic rings. The van der Waals surface area contributed by atoms with E-state index >= 15 is 0 Å². The van der Waals surface area contributed by atoms with Gasteiger partial charge in [-0.25, -0.2) is 18.0 Å². The summed E-state index contributed by atoms with van der Waals surface area (Å²) < 4.78 is 39.5. The summed E-state index contributed by atoms with van der Waals surface area (Å²) in [6.45, 7) is 2.08. The summed E-state index contributed by atoms with van der Waals surface area (Å²) in [6, 6.07) is 9.83. The molecule has 0 aromatic heterocycles. The van der Waals surface area contributed by atoms with Crippen molar-refractivity contribution in [1.82, 2.24) is 0 Å². The zero-order valence-corrected chi connectivity index (χ0v) is 11.2. The molecule has 6 heteroatoms. The molecule has 2 aromatic rings. The Kier molecular flexibility index (Phi) is 4.47. The first-order valence-electron chi connectivity index (χ1n) is 6.31. The van der Waals surface area contributed by atoms with Gasteiger partial charge >= 0.3 is 6.03 Å². The van der Waals surface area contributed by atoms with Crippen molar-refractivity contribution >= 4 is 17.4 Å². The first kappa shape index (κ1) is 14.9. The lowest BCUT2D eigenvalue weighted by atomic mass is 10.2. The molecule has 21 heavy (non-hydrogen) atoms. The van der Waals surface area contributed by atoms with Crippen LogP contribution in [0.25, 0.3) is 0 Å². The molecule has 2 rings (SSSR count). The average molecular weight is 294 g/mol. The lowest BCUT2D eigenvalue weighted by molar-refractivity contribution is 0.257. The van der Waals surface area contributed by atoms with E-state index in [1.54, 1.807) is 37.3 Å².